The smallest absolute Gasteiger partial charge is 0.339 e. The van der Waals surface area contributed by atoms with E-state index in [9.17, 15) is 14.7 Å². The summed E-state index contributed by atoms with van der Waals surface area (Å²) in [5.74, 6) is -0.703. The third-order valence-electron chi connectivity index (χ3n) is 5.86. The number of hydrogen-bond acceptors (Lipinski definition) is 3. The molecule has 1 aromatic heterocycles. The molecule has 0 radical (unpaired) electrons. The van der Waals surface area contributed by atoms with Crippen molar-refractivity contribution >= 4 is 11.9 Å². The van der Waals surface area contributed by atoms with Gasteiger partial charge in [0.2, 0.25) is 5.91 Å². The molecule has 1 amide bonds. The summed E-state index contributed by atoms with van der Waals surface area (Å²) in [6.45, 7) is 3.18. The molecule has 0 atom stereocenters. The molecule has 0 spiro atoms. The van der Waals surface area contributed by atoms with Gasteiger partial charge in [0.05, 0.1) is 23.3 Å². The first-order chi connectivity index (χ1) is 12.5. The molecule has 1 aliphatic heterocycles. The van der Waals surface area contributed by atoms with Gasteiger partial charge >= 0.3 is 5.97 Å². The summed E-state index contributed by atoms with van der Waals surface area (Å²) in [5.41, 5.74) is 1.75. The Morgan fingerprint density at radius 1 is 1.15 bits per heavy atom. The Labute approximate surface area is 152 Å². The Bertz CT molecular complexity index is 831. The van der Waals surface area contributed by atoms with E-state index in [1.807, 2.05) is 27.8 Å². The summed E-state index contributed by atoms with van der Waals surface area (Å²) in [6.07, 6.45) is 4.88. The number of amides is 1. The lowest BCUT2D eigenvalue weighted by molar-refractivity contribution is -0.135. The van der Waals surface area contributed by atoms with Crippen molar-refractivity contribution in [2.45, 2.75) is 44.1 Å². The number of carbonyl (C=O) groups is 2. The molecular weight excluding hydrogens is 330 g/mol. The second-order valence-corrected chi connectivity index (χ2v) is 7.36. The van der Waals surface area contributed by atoms with Crippen LogP contribution in [0.1, 0.15) is 53.3 Å². The Balaban J connectivity index is 1.44. The number of benzene rings is 1. The largest absolute Gasteiger partial charge is 0.478 e. The van der Waals surface area contributed by atoms with Crippen LogP contribution in [0.3, 0.4) is 0 Å². The first-order valence-electron chi connectivity index (χ1n) is 9.15. The van der Waals surface area contributed by atoms with Crippen molar-refractivity contribution in [2.75, 3.05) is 13.1 Å². The maximum absolute atomic E-state index is 13.1. The fourth-order valence-electron chi connectivity index (χ4n) is 4.13. The SMILES string of the molecule is Cc1c(C(=O)O)cnn1C1CCN(C(=O)C2(c3ccccc3)CC2)CC1. The molecule has 1 aromatic carbocycles. The minimum atomic E-state index is -0.945. The average Bonchev–Trinajstić information content (AvgIpc) is 3.39. The molecule has 1 aliphatic carbocycles. The number of aromatic nitrogens is 2. The van der Waals surface area contributed by atoms with Crippen molar-refractivity contribution in [2.24, 2.45) is 0 Å². The van der Waals surface area contributed by atoms with Crippen molar-refractivity contribution < 1.29 is 14.7 Å². The molecule has 6 nitrogen and oxygen atoms in total. The number of rotatable bonds is 4. The molecule has 1 saturated heterocycles. The highest BCUT2D eigenvalue weighted by molar-refractivity contribution is 5.91. The first kappa shape index (κ1) is 16.8. The zero-order chi connectivity index (χ0) is 18.3. The zero-order valence-electron chi connectivity index (χ0n) is 14.9. The number of aromatic carboxylic acids is 1. The van der Waals surface area contributed by atoms with Crippen molar-refractivity contribution in [3.63, 3.8) is 0 Å². The molecule has 4 rings (SSSR count). The van der Waals surface area contributed by atoms with E-state index in [-0.39, 0.29) is 22.9 Å². The van der Waals surface area contributed by atoms with Crippen LogP contribution in [0.2, 0.25) is 0 Å². The normalized spacial score (nSPS) is 19.3. The highest BCUT2D eigenvalue weighted by Gasteiger charge is 2.53. The molecule has 2 fully saturated rings. The van der Waals surface area contributed by atoms with Gasteiger partial charge in [-0.25, -0.2) is 4.79 Å². The lowest BCUT2D eigenvalue weighted by Gasteiger charge is -2.35. The summed E-state index contributed by atoms with van der Waals surface area (Å²) in [4.78, 5) is 26.3. The Morgan fingerprint density at radius 2 is 1.81 bits per heavy atom. The van der Waals surface area contributed by atoms with Gasteiger partial charge < -0.3 is 10.0 Å². The third kappa shape index (κ3) is 2.69. The monoisotopic (exact) mass is 353 g/mol. The second kappa shape index (κ2) is 6.27. The highest BCUT2D eigenvalue weighted by atomic mass is 16.4. The minimum Gasteiger partial charge on any atom is -0.478 e. The molecule has 6 heteroatoms. The quantitative estimate of drug-likeness (QED) is 0.917. The predicted molar refractivity (Wildman–Crippen MR) is 96.1 cm³/mol. The standard InChI is InChI=1S/C20H23N3O3/c1-14-17(18(24)25)13-21-23(14)16-7-11-22(12-8-16)19(26)20(9-10-20)15-5-3-2-4-6-15/h2-6,13,16H,7-12H2,1H3,(H,24,25). The zero-order valence-corrected chi connectivity index (χ0v) is 14.9. The molecule has 2 aromatic rings. The van der Waals surface area contributed by atoms with E-state index in [2.05, 4.69) is 17.2 Å². The van der Waals surface area contributed by atoms with E-state index >= 15 is 0 Å². The summed E-state index contributed by atoms with van der Waals surface area (Å²) in [6, 6.07) is 10.2. The van der Waals surface area contributed by atoms with Crippen LogP contribution in [0.4, 0.5) is 0 Å². The maximum atomic E-state index is 13.1. The second-order valence-electron chi connectivity index (χ2n) is 7.36. The summed E-state index contributed by atoms with van der Waals surface area (Å²) < 4.78 is 1.81. The number of nitrogens with zero attached hydrogens (tertiary/aromatic N) is 3. The highest BCUT2D eigenvalue weighted by Crippen LogP contribution is 2.50. The van der Waals surface area contributed by atoms with Crippen molar-refractivity contribution in [1.82, 2.24) is 14.7 Å². The lowest BCUT2D eigenvalue weighted by atomic mass is 9.93. The number of likely N-dealkylation sites (tertiary alicyclic amines) is 1. The molecule has 1 saturated carbocycles. The van der Waals surface area contributed by atoms with Crippen molar-refractivity contribution in [3.8, 4) is 0 Å². The van der Waals surface area contributed by atoms with Gasteiger partial charge in [0.15, 0.2) is 0 Å². The molecule has 1 N–H and O–H groups in total. The predicted octanol–water partition coefficient (Wildman–Crippen LogP) is 2.79. The Hall–Kier alpha value is -2.63. The lowest BCUT2D eigenvalue weighted by Crippen LogP contribution is -2.44. The first-order valence-corrected chi connectivity index (χ1v) is 9.15. The number of piperidine rings is 1. The molecule has 0 bridgehead atoms. The van der Waals surface area contributed by atoms with Crippen LogP contribution in [0.5, 0.6) is 0 Å². The van der Waals surface area contributed by atoms with Gasteiger partial charge in [-0.1, -0.05) is 30.3 Å². The maximum Gasteiger partial charge on any atom is 0.339 e. The van der Waals surface area contributed by atoms with Gasteiger partial charge in [-0.3, -0.25) is 9.48 Å². The number of hydrogen-bond donors (Lipinski definition) is 1. The number of carbonyl (C=O) groups excluding carboxylic acids is 1. The number of carboxylic acid groups (broad SMARTS) is 1. The Morgan fingerprint density at radius 3 is 2.35 bits per heavy atom. The van der Waals surface area contributed by atoms with Gasteiger partial charge in [0, 0.05) is 13.1 Å². The molecular formula is C20H23N3O3. The van der Waals surface area contributed by atoms with Crippen LogP contribution in [0.25, 0.3) is 0 Å². The fraction of sp³-hybridized carbons (Fsp3) is 0.450. The molecule has 2 aliphatic rings. The van der Waals surface area contributed by atoms with E-state index in [0.29, 0.717) is 18.8 Å². The molecule has 136 valence electrons. The van der Waals surface area contributed by atoms with E-state index in [1.54, 1.807) is 6.92 Å². The number of carboxylic acids is 1. The fourth-order valence-corrected chi connectivity index (χ4v) is 4.13. The third-order valence-corrected chi connectivity index (χ3v) is 5.86. The summed E-state index contributed by atoms with van der Waals surface area (Å²) in [5, 5.41) is 13.5. The van der Waals surface area contributed by atoms with Crippen LogP contribution in [0.15, 0.2) is 36.5 Å². The van der Waals surface area contributed by atoms with Gasteiger partial charge in [0.25, 0.3) is 0 Å². The topological polar surface area (TPSA) is 75.4 Å². The molecule has 26 heavy (non-hydrogen) atoms. The van der Waals surface area contributed by atoms with Gasteiger partial charge in [0.1, 0.15) is 5.56 Å². The van der Waals surface area contributed by atoms with E-state index < -0.39 is 5.97 Å². The van der Waals surface area contributed by atoms with Gasteiger partial charge in [-0.05, 0) is 38.2 Å². The van der Waals surface area contributed by atoms with Crippen molar-refractivity contribution in [3.05, 3.63) is 53.3 Å². The summed E-state index contributed by atoms with van der Waals surface area (Å²) in [7, 11) is 0. The van der Waals surface area contributed by atoms with Gasteiger partial charge in [-0.15, -0.1) is 0 Å². The Kier molecular flexibility index (Phi) is 4.05. The van der Waals surface area contributed by atoms with Crippen LogP contribution >= 0.6 is 0 Å². The van der Waals surface area contributed by atoms with Gasteiger partial charge in [-0.2, -0.15) is 5.10 Å². The van der Waals surface area contributed by atoms with Crippen LogP contribution in [0, 0.1) is 6.92 Å². The average molecular weight is 353 g/mol. The molecule has 2 heterocycles. The van der Waals surface area contributed by atoms with Crippen LogP contribution in [-0.4, -0.2) is 44.8 Å². The van der Waals surface area contributed by atoms with Crippen molar-refractivity contribution in [1.29, 1.82) is 0 Å². The van der Waals surface area contributed by atoms with E-state index in [4.69, 9.17) is 0 Å². The van der Waals surface area contributed by atoms with E-state index in [1.165, 1.54) is 6.20 Å². The molecule has 0 unspecified atom stereocenters. The summed E-state index contributed by atoms with van der Waals surface area (Å²) >= 11 is 0. The van der Waals surface area contributed by atoms with Crippen LogP contribution < -0.4 is 0 Å². The minimum absolute atomic E-state index is 0.152. The van der Waals surface area contributed by atoms with Crippen LogP contribution in [-0.2, 0) is 10.2 Å². The van der Waals surface area contributed by atoms with E-state index in [0.717, 1.165) is 31.2 Å².